The van der Waals surface area contributed by atoms with Crippen molar-refractivity contribution in [2.45, 2.75) is 84.2 Å². The average Bonchev–Trinajstić information content (AvgIpc) is 3.44. The van der Waals surface area contributed by atoms with Gasteiger partial charge in [0, 0.05) is 5.41 Å². The van der Waals surface area contributed by atoms with Gasteiger partial charge in [-0.2, -0.15) is 0 Å². The molecule has 174 valence electrons. The molecule has 5 fully saturated rings. The van der Waals surface area contributed by atoms with Crippen LogP contribution in [0.3, 0.4) is 0 Å². The topological polar surface area (TPSA) is 57.2 Å². The molecule has 2 spiro atoms. The molecule has 6 aliphatic rings. The number of allylic oxidation sites excluding steroid dienone is 4. The largest absolute Gasteiger partial charge is 0.393 e. The van der Waals surface area contributed by atoms with Gasteiger partial charge in [-0.15, -0.1) is 0 Å². The molecule has 0 aromatic heterocycles. The quantitative estimate of drug-likeness (QED) is 0.596. The van der Waals surface area contributed by atoms with E-state index in [0.717, 1.165) is 32.1 Å². The molecule has 5 heteroatoms. The molecule has 9 atom stereocenters. The number of rotatable bonds is 0. The van der Waals surface area contributed by atoms with Gasteiger partial charge < -0.3 is 24.1 Å². The molecule has 0 aromatic rings. The van der Waals surface area contributed by atoms with Gasteiger partial charge in [0.25, 0.3) is 0 Å². The van der Waals surface area contributed by atoms with Crippen molar-refractivity contribution in [1.82, 2.24) is 0 Å². The molecule has 2 heterocycles. The molecule has 6 rings (SSSR count). The highest BCUT2D eigenvalue weighted by molar-refractivity contribution is 5.33. The van der Waals surface area contributed by atoms with Crippen LogP contribution in [-0.2, 0) is 18.9 Å². The summed E-state index contributed by atoms with van der Waals surface area (Å²) in [4.78, 5) is 0. The standard InChI is InChI=1S/C24H34O5.C2H6/c1-15-10-16-18-7-9-23(24(29-14-27-23)12-26-13-28-24)22(18,3)11-19(25)20(16)21(2)8-5-4-6-17(15)21;1-2/h4-6,15-16,18-20,25H,7-14H2,1-3H3;1-2H3/t15-,16-,18-,19-,20+,21-,22-,23+,24?;/m0./s1. The summed E-state index contributed by atoms with van der Waals surface area (Å²) in [6.07, 6.45) is 11.5. The Hall–Kier alpha value is -0.720. The van der Waals surface area contributed by atoms with E-state index in [1.54, 1.807) is 5.57 Å². The van der Waals surface area contributed by atoms with Crippen LogP contribution < -0.4 is 0 Å². The third kappa shape index (κ3) is 2.62. The lowest BCUT2D eigenvalue weighted by atomic mass is 9.44. The van der Waals surface area contributed by atoms with Crippen LogP contribution in [0.1, 0.15) is 66.7 Å². The van der Waals surface area contributed by atoms with Crippen molar-refractivity contribution in [2.75, 3.05) is 20.2 Å². The number of aliphatic hydroxyl groups is 1. The fourth-order valence-corrected chi connectivity index (χ4v) is 8.94. The van der Waals surface area contributed by atoms with Crippen LogP contribution in [0.15, 0.2) is 23.8 Å². The van der Waals surface area contributed by atoms with E-state index in [9.17, 15) is 5.11 Å². The van der Waals surface area contributed by atoms with Gasteiger partial charge in [0.05, 0.1) is 6.10 Å². The molecule has 0 bridgehead atoms. The van der Waals surface area contributed by atoms with Crippen molar-refractivity contribution >= 4 is 0 Å². The van der Waals surface area contributed by atoms with Gasteiger partial charge in [-0.05, 0) is 61.2 Å². The number of hydrogen-bond donors (Lipinski definition) is 1. The van der Waals surface area contributed by atoms with Gasteiger partial charge in [0.15, 0.2) is 13.6 Å². The number of ether oxygens (including phenoxy) is 4. The van der Waals surface area contributed by atoms with Crippen molar-refractivity contribution < 1.29 is 24.1 Å². The number of hydrogen-bond acceptors (Lipinski definition) is 5. The van der Waals surface area contributed by atoms with Crippen molar-refractivity contribution in [3.05, 3.63) is 23.8 Å². The molecular formula is C26H40O5. The second-order valence-corrected chi connectivity index (χ2v) is 10.9. The average molecular weight is 433 g/mol. The molecule has 1 unspecified atom stereocenters. The summed E-state index contributed by atoms with van der Waals surface area (Å²) in [5, 5.41) is 11.7. The Morgan fingerprint density at radius 3 is 2.61 bits per heavy atom. The van der Waals surface area contributed by atoms with Crippen LogP contribution in [-0.4, -0.2) is 42.8 Å². The summed E-state index contributed by atoms with van der Waals surface area (Å²) >= 11 is 0. The van der Waals surface area contributed by atoms with E-state index in [4.69, 9.17) is 18.9 Å². The van der Waals surface area contributed by atoms with Crippen molar-refractivity contribution in [2.24, 2.45) is 34.5 Å². The zero-order chi connectivity index (χ0) is 22.1. The van der Waals surface area contributed by atoms with Crippen LogP contribution in [0.2, 0.25) is 0 Å². The van der Waals surface area contributed by atoms with Gasteiger partial charge in [0.1, 0.15) is 12.2 Å². The van der Waals surface area contributed by atoms with Gasteiger partial charge >= 0.3 is 0 Å². The maximum atomic E-state index is 11.7. The van der Waals surface area contributed by atoms with Gasteiger partial charge in [0.2, 0.25) is 5.79 Å². The van der Waals surface area contributed by atoms with Crippen molar-refractivity contribution in [3.8, 4) is 0 Å². The Morgan fingerprint density at radius 1 is 1.10 bits per heavy atom. The highest BCUT2D eigenvalue weighted by Crippen LogP contribution is 2.71. The second-order valence-electron chi connectivity index (χ2n) is 10.9. The molecule has 3 saturated carbocycles. The Morgan fingerprint density at radius 2 is 1.87 bits per heavy atom. The Balaban J connectivity index is 0.000000994. The van der Waals surface area contributed by atoms with Gasteiger partial charge in [-0.25, -0.2) is 0 Å². The minimum atomic E-state index is -0.814. The molecule has 0 amide bonds. The highest BCUT2D eigenvalue weighted by atomic mass is 16.9. The van der Waals surface area contributed by atoms with Crippen LogP contribution in [0, 0.1) is 34.5 Å². The first-order chi connectivity index (χ1) is 14.9. The predicted molar refractivity (Wildman–Crippen MR) is 118 cm³/mol. The SMILES string of the molecule is CC.C[C@H]1C[C@@H]2[C@H]([C@@H](O)C[C@@]3(C)[C@H]2CC[C@@]32OCOC23COCO3)[C@@]2(C)CC=CC=C12. The lowest BCUT2D eigenvalue weighted by Gasteiger charge is -2.62. The van der Waals surface area contributed by atoms with Crippen LogP contribution in [0.5, 0.6) is 0 Å². The van der Waals surface area contributed by atoms with Crippen molar-refractivity contribution in [1.29, 1.82) is 0 Å². The van der Waals surface area contributed by atoms with E-state index >= 15 is 0 Å². The van der Waals surface area contributed by atoms with Gasteiger partial charge in [-0.3, -0.25) is 0 Å². The Labute approximate surface area is 187 Å². The Kier molecular flexibility index (Phi) is 5.27. The summed E-state index contributed by atoms with van der Waals surface area (Å²) in [7, 11) is 0. The molecule has 1 N–H and O–H groups in total. The van der Waals surface area contributed by atoms with E-state index in [0.29, 0.717) is 30.3 Å². The van der Waals surface area contributed by atoms with E-state index < -0.39 is 11.4 Å². The smallest absolute Gasteiger partial charge is 0.226 e. The van der Waals surface area contributed by atoms with Crippen LogP contribution >= 0.6 is 0 Å². The monoisotopic (exact) mass is 432 g/mol. The van der Waals surface area contributed by atoms with E-state index in [-0.39, 0.29) is 30.5 Å². The number of fused-ring (bicyclic) bond motifs is 7. The third-order valence-electron chi connectivity index (χ3n) is 9.96. The lowest BCUT2D eigenvalue weighted by Crippen LogP contribution is -2.66. The zero-order valence-electron chi connectivity index (χ0n) is 19.9. The van der Waals surface area contributed by atoms with E-state index in [1.807, 2.05) is 13.8 Å². The molecule has 2 saturated heterocycles. The predicted octanol–water partition coefficient (Wildman–Crippen LogP) is 4.80. The minimum Gasteiger partial charge on any atom is -0.393 e. The maximum Gasteiger partial charge on any atom is 0.226 e. The first kappa shape index (κ1) is 22.1. The lowest BCUT2D eigenvalue weighted by molar-refractivity contribution is -0.257. The van der Waals surface area contributed by atoms with Gasteiger partial charge in [-0.1, -0.05) is 58.4 Å². The fraction of sp³-hybridized carbons (Fsp3) is 0.846. The normalized spacial score (nSPS) is 54.8. The first-order valence-electron chi connectivity index (χ1n) is 12.4. The summed E-state index contributed by atoms with van der Waals surface area (Å²) in [5.41, 5.74) is 0.895. The van der Waals surface area contributed by atoms with Crippen LogP contribution in [0.25, 0.3) is 0 Å². The van der Waals surface area contributed by atoms with Crippen LogP contribution in [0.4, 0.5) is 0 Å². The minimum absolute atomic E-state index is 0.0608. The summed E-state index contributed by atoms with van der Waals surface area (Å²) < 4.78 is 24.2. The third-order valence-corrected chi connectivity index (χ3v) is 9.96. The maximum absolute atomic E-state index is 11.7. The molecule has 0 aromatic carbocycles. The summed E-state index contributed by atoms with van der Waals surface area (Å²) in [6, 6.07) is 0. The zero-order valence-corrected chi connectivity index (χ0v) is 19.9. The van der Waals surface area contributed by atoms with Crippen molar-refractivity contribution in [3.63, 3.8) is 0 Å². The molecule has 0 radical (unpaired) electrons. The van der Waals surface area contributed by atoms with E-state index in [1.165, 1.54) is 0 Å². The summed E-state index contributed by atoms with van der Waals surface area (Å²) in [6.45, 7) is 12.0. The Bertz CT molecular complexity index is 764. The second kappa shape index (κ2) is 7.39. The molecule has 4 aliphatic carbocycles. The van der Waals surface area contributed by atoms with E-state index in [2.05, 4.69) is 39.0 Å². The highest BCUT2D eigenvalue weighted by Gasteiger charge is 2.76. The molecule has 5 nitrogen and oxygen atoms in total. The number of aliphatic hydroxyl groups excluding tert-OH is 1. The molecule has 2 aliphatic heterocycles. The fourth-order valence-electron chi connectivity index (χ4n) is 8.94. The summed E-state index contributed by atoms with van der Waals surface area (Å²) in [5.74, 6) is 1.05. The molecule has 31 heavy (non-hydrogen) atoms. The molecular weight excluding hydrogens is 392 g/mol. The first-order valence-corrected chi connectivity index (χ1v) is 12.4.